The van der Waals surface area contributed by atoms with Crippen LogP contribution in [0.4, 0.5) is 4.39 Å². The first-order valence-corrected chi connectivity index (χ1v) is 7.39. The molecule has 0 bridgehead atoms. The summed E-state index contributed by atoms with van der Waals surface area (Å²) in [5.41, 5.74) is 8.51. The molecule has 2 nitrogen and oxygen atoms in total. The summed E-state index contributed by atoms with van der Waals surface area (Å²) >= 11 is 9.23. The molecular formula is C15H12BrClFNO. The molecule has 0 fully saturated rings. The van der Waals surface area contributed by atoms with Crippen LogP contribution in [0.1, 0.15) is 22.7 Å². The molecule has 0 radical (unpaired) electrons. The third kappa shape index (κ3) is 2.43. The molecule has 0 aromatic heterocycles. The Morgan fingerprint density at radius 1 is 1.25 bits per heavy atom. The quantitative estimate of drug-likeness (QED) is 0.874. The van der Waals surface area contributed by atoms with E-state index in [-0.39, 0.29) is 0 Å². The minimum Gasteiger partial charge on any atom is -0.493 e. The number of benzene rings is 2. The zero-order valence-corrected chi connectivity index (χ0v) is 12.8. The molecule has 1 unspecified atom stereocenters. The number of rotatable bonds is 2. The van der Waals surface area contributed by atoms with E-state index in [1.807, 2.05) is 12.1 Å². The summed E-state index contributed by atoms with van der Waals surface area (Å²) in [5, 5.41) is 0.356. The summed E-state index contributed by atoms with van der Waals surface area (Å²) < 4.78 is 20.6. The lowest BCUT2D eigenvalue weighted by Gasteiger charge is -2.17. The average molecular weight is 357 g/mol. The van der Waals surface area contributed by atoms with E-state index in [4.69, 9.17) is 22.1 Å². The van der Waals surface area contributed by atoms with Gasteiger partial charge in [0.2, 0.25) is 0 Å². The molecule has 1 atom stereocenters. The van der Waals surface area contributed by atoms with Crippen molar-refractivity contribution in [3.05, 3.63) is 62.3 Å². The van der Waals surface area contributed by atoms with Crippen LogP contribution in [0.5, 0.6) is 5.75 Å². The van der Waals surface area contributed by atoms with Crippen LogP contribution in [0, 0.1) is 5.82 Å². The van der Waals surface area contributed by atoms with Gasteiger partial charge in [-0.2, -0.15) is 0 Å². The maximum atomic E-state index is 14.0. The fourth-order valence-corrected chi connectivity index (χ4v) is 3.13. The van der Waals surface area contributed by atoms with Crippen LogP contribution in [0.25, 0.3) is 0 Å². The predicted molar refractivity (Wildman–Crippen MR) is 80.8 cm³/mol. The van der Waals surface area contributed by atoms with Crippen molar-refractivity contribution in [1.29, 1.82) is 0 Å². The highest BCUT2D eigenvalue weighted by Crippen LogP contribution is 2.38. The molecule has 3 rings (SSSR count). The van der Waals surface area contributed by atoms with Crippen LogP contribution in [-0.2, 0) is 6.42 Å². The van der Waals surface area contributed by atoms with E-state index < -0.39 is 11.9 Å². The summed E-state index contributed by atoms with van der Waals surface area (Å²) in [4.78, 5) is 0. The highest BCUT2D eigenvalue weighted by molar-refractivity contribution is 9.10. The molecule has 0 spiro atoms. The molecule has 2 aromatic carbocycles. The minimum atomic E-state index is -0.586. The largest absolute Gasteiger partial charge is 0.493 e. The first-order chi connectivity index (χ1) is 9.56. The molecule has 0 amide bonds. The summed E-state index contributed by atoms with van der Waals surface area (Å²) in [6, 6.07) is 7.83. The third-order valence-corrected chi connectivity index (χ3v) is 4.10. The van der Waals surface area contributed by atoms with Crippen LogP contribution in [0.2, 0.25) is 5.02 Å². The minimum absolute atomic E-state index is 0.356. The lowest BCUT2D eigenvalue weighted by molar-refractivity contribution is 0.352. The van der Waals surface area contributed by atoms with Gasteiger partial charge in [-0.25, -0.2) is 4.39 Å². The monoisotopic (exact) mass is 355 g/mol. The average Bonchev–Trinajstić information content (AvgIpc) is 2.85. The van der Waals surface area contributed by atoms with Crippen molar-refractivity contribution >= 4 is 27.5 Å². The number of hydrogen-bond donors (Lipinski definition) is 1. The van der Waals surface area contributed by atoms with Crippen LogP contribution < -0.4 is 10.5 Å². The van der Waals surface area contributed by atoms with Gasteiger partial charge in [-0.15, -0.1) is 0 Å². The fraction of sp³-hybridized carbons (Fsp3) is 0.200. The van der Waals surface area contributed by atoms with Crippen LogP contribution in [0.3, 0.4) is 0 Å². The Morgan fingerprint density at radius 3 is 2.80 bits per heavy atom. The topological polar surface area (TPSA) is 35.2 Å². The van der Waals surface area contributed by atoms with E-state index in [0.717, 1.165) is 27.8 Å². The third-order valence-electron chi connectivity index (χ3n) is 3.41. The number of hydrogen-bond acceptors (Lipinski definition) is 2. The highest BCUT2D eigenvalue weighted by Gasteiger charge is 2.23. The maximum absolute atomic E-state index is 14.0. The highest BCUT2D eigenvalue weighted by atomic mass is 79.9. The lowest BCUT2D eigenvalue weighted by Crippen LogP contribution is -2.14. The maximum Gasteiger partial charge on any atom is 0.129 e. The molecule has 1 aliphatic rings. The van der Waals surface area contributed by atoms with Crippen molar-refractivity contribution in [3.63, 3.8) is 0 Å². The van der Waals surface area contributed by atoms with Crippen molar-refractivity contribution < 1.29 is 9.13 Å². The van der Waals surface area contributed by atoms with Gasteiger partial charge in [0.15, 0.2) is 0 Å². The molecule has 0 aliphatic carbocycles. The molecule has 2 N–H and O–H groups in total. The number of ether oxygens (including phenoxy) is 1. The van der Waals surface area contributed by atoms with Gasteiger partial charge in [-0.3, -0.25) is 0 Å². The molecule has 2 aromatic rings. The van der Waals surface area contributed by atoms with E-state index >= 15 is 0 Å². The fourth-order valence-electron chi connectivity index (χ4n) is 2.45. The Bertz CT molecular complexity index is 677. The second-order valence-corrected chi connectivity index (χ2v) is 6.08. The van der Waals surface area contributed by atoms with Crippen molar-refractivity contribution in [2.75, 3.05) is 6.61 Å². The van der Waals surface area contributed by atoms with Gasteiger partial charge in [-0.05, 0) is 29.8 Å². The zero-order chi connectivity index (χ0) is 14.3. The van der Waals surface area contributed by atoms with E-state index in [0.29, 0.717) is 17.2 Å². The SMILES string of the molecule is NC(c1ccc(Cl)cc1F)c1cc(Br)cc2c1OCC2. The predicted octanol–water partition coefficient (Wildman–Crippen LogP) is 4.22. The van der Waals surface area contributed by atoms with Crippen LogP contribution in [-0.4, -0.2) is 6.61 Å². The Kier molecular flexibility index (Phi) is 3.71. The smallest absolute Gasteiger partial charge is 0.129 e. The second-order valence-electron chi connectivity index (χ2n) is 4.73. The summed E-state index contributed by atoms with van der Waals surface area (Å²) in [6.45, 7) is 0.634. The van der Waals surface area contributed by atoms with Gasteiger partial charge < -0.3 is 10.5 Å². The van der Waals surface area contributed by atoms with Gasteiger partial charge >= 0.3 is 0 Å². The van der Waals surface area contributed by atoms with Crippen molar-refractivity contribution in [1.82, 2.24) is 0 Å². The van der Waals surface area contributed by atoms with Gasteiger partial charge in [0.25, 0.3) is 0 Å². The standard InChI is InChI=1S/C15H12BrClFNO/c16-9-5-8-3-4-20-15(8)12(6-9)14(19)11-2-1-10(17)7-13(11)18/h1-2,5-7,14H,3-4,19H2. The van der Waals surface area contributed by atoms with Gasteiger partial charge in [0, 0.05) is 27.0 Å². The van der Waals surface area contributed by atoms with Crippen LogP contribution >= 0.6 is 27.5 Å². The number of nitrogens with two attached hydrogens (primary N) is 1. The molecule has 104 valence electrons. The molecule has 0 saturated heterocycles. The lowest BCUT2D eigenvalue weighted by atomic mass is 9.96. The van der Waals surface area contributed by atoms with Crippen molar-refractivity contribution in [2.24, 2.45) is 5.73 Å². The molecule has 1 heterocycles. The van der Waals surface area contributed by atoms with E-state index in [2.05, 4.69) is 15.9 Å². The molecule has 5 heteroatoms. The van der Waals surface area contributed by atoms with Crippen molar-refractivity contribution in [3.8, 4) is 5.75 Å². The first-order valence-electron chi connectivity index (χ1n) is 6.22. The Labute approximate surface area is 129 Å². The number of fused-ring (bicyclic) bond motifs is 1. The summed E-state index contributed by atoms with van der Waals surface area (Å²) in [6.07, 6.45) is 0.845. The van der Waals surface area contributed by atoms with Gasteiger partial charge in [0.1, 0.15) is 11.6 Å². The van der Waals surface area contributed by atoms with Crippen molar-refractivity contribution in [2.45, 2.75) is 12.5 Å². The van der Waals surface area contributed by atoms with E-state index in [1.165, 1.54) is 6.07 Å². The Hall–Kier alpha value is -1.10. The first kappa shape index (κ1) is 13.9. The normalized spacial score (nSPS) is 14.8. The number of halogens is 3. The molecular weight excluding hydrogens is 345 g/mol. The van der Waals surface area contributed by atoms with Gasteiger partial charge in [-0.1, -0.05) is 33.6 Å². The van der Waals surface area contributed by atoms with E-state index in [1.54, 1.807) is 12.1 Å². The Morgan fingerprint density at radius 2 is 2.05 bits per heavy atom. The molecule has 1 aliphatic heterocycles. The van der Waals surface area contributed by atoms with Gasteiger partial charge in [0.05, 0.1) is 12.6 Å². The van der Waals surface area contributed by atoms with E-state index in [9.17, 15) is 4.39 Å². The molecule has 20 heavy (non-hydrogen) atoms. The van der Waals surface area contributed by atoms with Crippen LogP contribution in [0.15, 0.2) is 34.8 Å². The summed E-state index contributed by atoms with van der Waals surface area (Å²) in [7, 11) is 0. The molecule has 0 saturated carbocycles. The Balaban J connectivity index is 2.09. The zero-order valence-electron chi connectivity index (χ0n) is 10.5. The second kappa shape index (κ2) is 5.35. The summed E-state index contributed by atoms with van der Waals surface area (Å²) in [5.74, 6) is 0.367.